The molecule has 1 fully saturated rings. The summed E-state index contributed by atoms with van der Waals surface area (Å²) >= 11 is 0. The normalized spacial score (nSPS) is 19.2. The highest BCUT2D eigenvalue weighted by atomic mass is 32.2. The van der Waals surface area contributed by atoms with Crippen molar-refractivity contribution in [3.8, 4) is 0 Å². The number of amides is 1. The summed E-state index contributed by atoms with van der Waals surface area (Å²) in [5.74, 6) is -1.55. The lowest BCUT2D eigenvalue weighted by atomic mass is 10.1. The summed E-state index contributed by atoms with van der Waals surface area (Å²) in [5.41, 5.74) is 0.804. The molecule has 7 nitrogen and oxygen atoms in total. The third-order valence-corrected chi connectivity index (χ3v) is 6.18. The minimum atomic E-state index is -3.67. The van der Waals surface area contributed by atoms with Crippen LogP contribution in [0.1, 0.15) is 32.3 Å². The van der Waals surface area contributed by atoms with Crippen molar-refractivity contribution in [3.05, 3.63) is 35.9 Å². The molecule has 2 rings (SSSR count). The quantitative estimate of drug-likeness (QED) is 0.747. The second-order valence-corrected chi connectivity index (χ2v) is 8.75. The number of sulfonamides is 1. The zero-order valence-corrected chi connectivity index (χ0v) is 15.2. The fraction of sp³-hybridized carbons (Fsp3) is 0.529. The molecule has 8 heteroatoms. The van der Waals surface area contributed by atoms with Crippen LogP contribution in [0, 0.1) is 0 Å². The van der Waals surface area contributed by atoms with Gasteiger partial charge in [0.2, 0.25) is 15.9 Å². The smallest absolute Gasteiger partial charge is 0.326 e. The minimum Gasteiger partial charge on any atom is -0.480 e. The lowest BCUT2D eigenvalue weighted by Gasteiger charge is -2.27. The van der Waals surface area contributed by atoms with E-state index in [1.54, 1.807) is 0 Å². The number of likely N-dealkylation sites (tertiary alicyclic amines) is 1. The van der Waals surface area contributed by atoms with Gasteiger partial charge in [-0.3, -0.25) is 4.79 Å². The average molecular weight is 368 g/mol. The molecule has 2 atom stereocenters. The summed E-state index contributed by atoms with van der Waals surface area (Å²) in [6.45, 7) is 3.38. The molecule has 138 valence electrons. The van der Waals surface area contributed by atoms with Crippen LogP contribution in [-0.2, 0) is 26.0 Å². The zero-order valence-electron chi connectivity index (χ0n) is 14.4. The van der Waals surface area contributed by atoms with E-state index in [1.807, 2.05) is 30.3 Å². The van der Waals surface area contributed by atoms with Crippen LogP contribution in [0.4, 0.5) is 0 Å². The van der Waals surface area contributed by atoms with E-state index >= 15 is 0 Å². The van der Waals surface area contributed by atoms with Gasteiger partial charge in [0, 0.05) is 6.54 Å². The van der Waals surface area contributed by atoms with Crippen molar-refractivity contribution in [1.82, 2.24) is 9.62 Å². The van der Waals surface area contributed by atoms with E-state index in [1.165, 1.54) is 18.7 Å². The Labute approximate surface area is 148 Å². The van der Waals surface area contributed by atoms with Crippen molar-refractivity contribution in [2.24, 2.45) is 0 Å². The molecule has 2 N–H and O–H groups in total. The van der Waals surface area contributed by atoms with Crippen LogP contribution in [0.5, 0.6) is 0 Å². The third kappa shape index (κ3) is 4.79. The Morgan fingerprint density at radius 3 is 2.48 bits per heavy atom. The first-order valence-electron chi connectivity index (χ1n) is 8.30. The molecule has 1 amide bonds. The third-order valence-electron chi connectivity index (χ3n) is 4.33. The molecule has 0 aromatic heterocycles. The molecule has 1 aliphatic heterocycles. The van der Waals surface area contributed by atoms with Gasteiger partial charge in [-0.2, -0.15) is 0 Å². The number of rotatable bonds is 7. The van der Waals surface area contributed by atoms with Gasteiger partial charge in [-0.25, -0.2) is 17.9 Å². The highest BCUT2D eigenvalue weighted by Gasteiger charge is 2.38. The maximum atomic E-state index is 12.9. The van der Waals surface area contributed by atoms with E-state index in [9.17, 15) is 23.1 Å². The van der Waals surface area contributed by atoms with E-state index in [0.717, 1.165) is 5.56 Å². The molecular weight excluding hydrogens is 344 g/mol. The van der Waals surface area contributed by atoms with Gasteiger partial charge >= 0.3 is 5.97 Å². The van der Waals surface area contributed by atoms with Gasteiger partial charge in [0.15, 0.2) is 0 Å². The summed E-state index contributed by atoms with van der Waals surface area (Å²) in [6.07, 6.45) is 1.15. The van der Waals surface area contributed by atoms with Gasteiger partial charge < -0.3 is 10.0 Å². The van der Waals surface area contributed by atoms with Crippen molar-refractivity contribution in [2.45, 2.75) is 50.4 Å². The first kappa shape index (κ1) is 19.4. The van der Waals surface area contributed by atoms with Gasteiger partial charge in [0.1, 0.15) is 12.1 Å². The van der Waals surface area contributed by atoms with Gasteiger partial charge in [0.25, 0.3) is 0 Å². The maximum absolute atomic E-state index is 12.9. The lowest BCUT2D eigenvalue weighted by molar-refractivity contribution is -0.148. The van der Waals surface area contributed by atoms with Crippen molar-refractivity contribution in [3.63, 3.8) is 0 Å². The Kier molecular flexibility index (Phi) is 6.18. The molecule has 1 heterocycles. The van der Waals surface area contributed by atoms with Crippen molar-refractivity contribution in [1.29, 1.82) is 0 Å². The molecule has 1 saturated heterocycles. The number of carboxylic acids is 1. The summed E-state index contributed by atoms with van der Waals surface area (Å²) in [7, 11) is -3.67. The number of carboxylic acid groups (broad SMARTS) is 1. The average Bonchev–Trinajstić information content (AvgIpc) is 3.04. The molecular formula is C17H24N2O5S. The Morgan fingerprint density at radius 1 is 1.28 bits per heavy atom. The van der Waals surface area contributed by atoms with Crippen molar-refractivity contribution < 1.29 is 23.1 Å². The number of carbonyl (C=O) groups is 2. The fourth-order valence-electron chi connectivity index (χ4n) is 2.85. The van der Waals surface area contributed by atoms with Crippen LogP contribution in [0.2, 0.25) is 0 Å². The van der Waals surface area contributed by atoms with Crippen molar-refractivity contribution in [2.75, 3.05) is 6.54 Å². The predicted molar refractivity (Wildman–Crippen MR) is 93.5 cm³/mol. The summed E-state index contributed by atoms with van der Waals surface area (Å²) in [4.78, 5) is 25.5. The molecule has 0 spiro atoms. The highest BCUT2D eigenvalue weighted by molar-refractivity contribution is 7.90. The number of nitrogens with zero attached hydrogens (tertiary/aromatic N) is 1. The second-order valence-electron chi connectivity index (χ2n) is 6.48. The number of hydrogen-bond donors (Lipinski definition) is 2. The topological polar surface area (TPSA) is 104 Å². The van der Waals surface area contributed by atoms with Gasteiger partial charge in [-0.1, -0.05) is 30.3 Å². The van der Waals surface area contributed by atoms with E-state index < -0.39 is 39.2 Å². The monoisotopic (exact) mass is 368 g/mol. The molecule has 1 aromatic rings. The Bertz CT molecular complexity index is 718. The SMILES string of the molecule is CC(C)S(=O)(=O)N[C@H](Cc1ccccc1)C(=O)N1CCCC1C(=O)O. The summed E-state index contributed by atoms with van der Waals surface area (Å²) in [6, 6.07) is 7.15. The standard InChI is InChI=1S/C17H24N2O5S/c1-12(2)25(23,24)18-14(11-13-7-4-3-5-8-13)16(20)19-10-6-9-15(19)17(21)22/h3-5,7-8,12,14-15,18H,6,9-11H2,1-2H3,(H,21,22)/t14-,15?/m1/s1. The van der Waals surface area contributed by atoms with Crippen LogP contribution in [0.3, 0.4) is 0 Å². The summed E-state index contributed by atoms with van der Waals surface area (Å²) < 4.78 is 27.0. The van der Waals surface area contributed by atoms with Crippen molar-refractivity contribution >= 4 is 21.9 Å². The molecule has 1 aromatic carbocycles. The van der Waals surface area contributed by atoms with Crippen LogP contribution < -0.4 is 4.72 Å². The largest absolute Gasteiger partial charge is 0.480 e. The molecule has 0 bridgehead atoms. The Balaban J connectivity index is 2.27. The van der Waals surface area contributed by atoms with E-state index in [2.05, 4.69) is 4.72 Å². The van der Waals surface area contributed by atoms with Crippen LogP contribution in [-0.4, -0.2) is 54.2 Å². The molecule has 0 saturated carbocycles. The number of hydrogen-bond acceptors (Lipinski definition) is 4. The zero-order chi connectivity index (χ0) is 18.6. The molecule has 25 heavy (non-hydrogen) atoms. The molecule has 0 aliphatic carbocycles. The molecule has 1 aliphatic rings. The highest BCUT2D eigenvalue weighted by Crippen LogP contribution is 2.20. The van der Waals surface area contributed by atoms with Gasteiger partial charge in [-0.15, -0.1) is 0 Å². The minimum absolute atomic E-state index is 0.175. The molecule has 0 radical (unpaired) electrons. The predicted octanol–water partition coefficient (Wildman–Crippen LogP) is 1.00. The number of nitrogens with one attached hydrogen (secondary N) is 1. The summed E-state index contributed by atoms with van der Waals surface area (Å²) in [5, 5.41) is 8.60. The van der Waals surface area contributed by atoms with E-state index in [-0.39, 0.29) is 6.42 Å². The van der Waals surface area contributed by atoms with Crippen LogP contribution >= 0.6 is 0 Å². The van der Waals surface area contributed by atoms with E-state index in [0.29, 0.717) is 19.4 Å². The first-order valence-corrected chi connectivity index (χ1v) is 9.85. The Hall–Kier alpha value is -1.93. The second kappa shape index (κ2) is 7.97. The first-order chi connectivity index (χ1) is 11.7. The van der Waals surface area contributed by atoms with Gasteiger partial charge in [-0.05, 0) is 38.7 Å². The molecule has 1 unspecified atom stereocenters. The number of benzene rings is 1. The number of carbonyl (C=O) groups excluding carboxylic acids is 1. The van der Waals surface area contributed by atoms with Crippen LogP contribution in [0.15, 0.2) is 30.3 Å². The maximum Gasteiger partial charge on any atom is 0.326 e. The fourth-order valence-corrected chi connectivity index (χ4v) is 3.70. The van der Waals surface area contributed by atoms with E-state index in [4.69, 9.17) is 0 Å². The van der Waals surface area contributed by atoms with Gasteiger partial charge in [0.05, 0.1) is 5.25 Å². The van der Waals surface area contributed by atoms with Crippen LogP contribution in [0.25, 0.3) is 0 Å². The number of aliphatic carboxylic acids is 1. The lowest BCUT2D eigenvalue weighted by Crippen LogP contribution is -2.53. The Morgan fingerprint density at radius 2 is 1.92 bits per heavy atom.